The Balaban J connectivity index is 2.82. The third-order valence-electron chi connectivity index (χ3n) is 2.39. The van der Waals surface area contributed by atoms with Crippen molar-refractivity contribution >= 4 is 23.7 Å². The van der Waals surface area contributed by atoms with Crippen LogP contribution in [0.2, 0.25) is 0 Å². The van der Waals surface area contributed by atoms with Crippen LogP contribution in [0, 0.1) is 5.92 Å². The minimum atomic E-state index is -0.612. The molecule has 0 aromatic rings. The van der Waals surface area contributed by atoms with E-state index in [4.69, 9.17) is 14.2 Å². The number of carbonyl (C=O) groups excluding carboxylic acids is 2. The van der Waals surface area contributed by atoms with Crippen LogP contribution >= 0.6 is 11.8 Å². The molecule has 0 fully saturated rings. The lowest BCUT2D eigenvalue weighted by molar-refractivity contribution is -0.152. The van der Waals surface area contributed by atoms with Gasteiger partial charge in [-0.1, -0.05) is 6.08 Å². The summed E-state index contributed by atoms with van der Waals surface area (Å²) in [6.45, 7) is 4.03. The first-order valence-electron chi connectivity index (χ1n) is 5.83. The maximum absolute atomic E-state index is 11.8. The van der Waals surface area contributed by atoms with Crippen LogP contribution in [0.3, 0.4) is 0 Å². The van der Waals surface area contributed by atoms with Gasteiger partial charge in [-0.3, -0.25) is 9.59 Å². The van der Waals surface area contributed by atoms with Gasteiger partial charge in [0, 0.05) is 7.11 Å². The number of thioether (sulfide) groups is 1. The molecule has 0 saturated carbocycles. The fourth-order valence-corrected chi connectivity index (χ4v) is 2.72. The second-order valence-corrected chi connectivity index (χ2v) is 4.82. The number of rotatable bonds is 5. The molecule has 1 aliphatic rings. The molecule has 0 unspecified atom stereocenters. The van der Waals surface area contributed by atoms with Gasteiger partial charge in [-0.25, -0.2) is 0 Å². The predicted octanol–water partition coefficient (Wildman–Crippen LogP) is 1.37. The molecule has 0 spiro atoms. The van der Waals surface area contributed by atoms with E-state index in [2.05, 4.69) is 0 Å². The van der Waals surface area contributed by atoms with E-state index in [9.17, 15) is 9.59 Å². The zero-order valence-electron chi connectivity index (χ0n) is 10.8. The Morgan fingerprint density at radius 2 is 1.72 bits per heavy atom. The zero-order chi connectivity index (χ0) is 13.5. The van der Waals surface area contributed by atoms with Crippen molar-refractivity contribution < 1.29 is 23.8 Å². The summed E-state index contributed by atoms with van der Waals surface area (Å²) in [5, 5.41) is -0.612. The number of methoxy groups -OCH3 is 1. The van der Waals surface area contributed by atoms with Crippen molar-refractivity contribution in [2.75, 3.05) is 20.3 Å². The highest BCUT2D eigenvalue weighted by Crippen LogP contribution is 2.33. The quantitative estimate of drug-likeness (QED) is 0.557. The summed E-state index contributed by atoms with van der Waals surface area (Å²) in [5.41, 5.74) is -0.245. The van der Waals surface area contributed by atoms with Crippen LogP contribution < -0.4 is 0 Å². The lowest BCUT2D eigenvalue weighted by atomic mass is 10.0. The summed E-state index contributed by atoms with van der Waals surface area (Å²) >= 11 is 1.26. The summed E-state index contributed by atoms with van der Waals surface area (Å²) < 4.78 is 15.1. The molecule has 0 aromatic heterocycles. The van der Waals surface area contributed by atoms with E-state index in [1.54, 1.807) is 33.1 Å². The molecule has 0 N–H and O–H groups in total. The molecule has 0 aromatic carbocycles. The first-order chi connectivity index (χ1) is 8.63. The Morgan fingerprint density at radius 1 is 1.11 bits per heavy atom. The molecular formula is C12H18O5S. The van der Waals surface area contributed by atoms with Crippen LogP contribution in [-0.2, 0) is 23.8 Å². The minimum absolute atomic E-state index is 0.245. The maximum atomic E-state index is 11.8. The van der Waals surface area contributed by atoms with E-state index in [-0.39, 0.29) is 18.6 Å². The molecule has 0 saturated heterocycles. The van der Waals surface area contributed by atoms with Crippen LogP contribution in [0.1, 0.15) is 13.8 Å². The van der Waals surface area contributed by atoms with Gasteiger partial charge in [0.15, 0.2) is 0 Å². The zero-order valence-corrected chi connectivity index (χ0v) is 11.6. The largest absolute Gasteiger partial charge is 0.465 e. The Bertz CT molecular complexity index is 328. The van der Waals surface area contributed by atoms with E-state index in [0.717, 1.165) is 0 Å². The van der Waals surface area contributed by atoms with Crippen LogP contribution in [0.25, 0.3) is 0 Å². The Labute approximate surface area is 111 Å². The van der Waals surface area contributed by atoms with Crippen molar-refractivity contribution in [2.24, 2.45) is 5.92 Å². The third kappa shape index (κ3) is 3.74. The molecule has 5 nitrogen and oxygen atoms in total. The molecule has 0 amide bonds. The molecule has 6 heteroatoms. The molecule has 0 radical (unpaired) electrons. The molecule has 18 heavy (non-hydrogen) atoms. The number of hydrogen-bond donors (Lipinski definition) is 0. The fourth-order valence-electron chi connectivity index (χ4n) is 1.59. The highest BCUT2D eigenvalue weighted by atomic mass is 32.2. The predicted molar refractivity (Wildman–Crippen MR) is 68.1 cm³/mol. The highest BCUT2D eigenvalue weighted by Gasteiger charge is 2.39. The molecule has 0 aliphatic carbocycles. The minimum Gasteiger partial charge on any atom is -0.465 e. The van der Waals surface area contributed by atoms with E-state index < -0.39 is 23.1 Å². The number of hydrogen-bond acceptors (Lipinski definition) is 6. The smallest absolute Gasteiger partial charge is 0.320 e. The van der Waals surface area contributed by atoms with E-state index in [0.29, 0.717) is 0 Å². The number of carbonyl (C=O) groups is 2. The molecule has 0 bridgehead atoms. The first kappa shape index (κ1) is 15.0. The van der Waals surface area contributed by atoms with E-state index >= 15 is 0 Å². The number of esters is 2. The average Bonchev–Trinajstić information content (AvgIpc) is 2.38. The van der Waals surface area contributed by atoms with Crippen LogP contribution in [0.15, 0.2) is 12.2 Å². The summed E-state index contributed by atoms with van der Waals surface area (Å²) in [7, 11) is 1.55. The third-order valence-corrected chi connectivity index (χ3v) is 3.79. The van der Waals surface area contributed by atoms with Crippen molar-refractivity contribution in [3.63, 3.8) is 0 Å². The van der Waals surface area contributed by atoms with E-state index in [1.165, 1.54) is 11.8 Å². The topological polar surface area (TPSA) is 61.8 Å². The molecule has 102 valence electrons. The second-order valence-electron chi connectivity index (χ2n) is 3.58. The van der Waals surface area contributed by atoms with Gasteiger partial charge in [-0.05, 0) is 19.9 Å². The molecule has 1 aliphatic heterocycles. The van der Waals surface area contributed by atoms with Crippen molar-refractivity contribution in [2.45, 2.75) is 24.5 Å². The monoisotopic (exact) mass is 274 g/mol. The Kier molecular flexibility index (Phi) is 6.21. The van der Waals surface area contributed by atoms with Crippen molar-refractivity contribution in [1.29, 1.82) is 0 Å². The number of ether oxygens (including phenoxy) is 3. The lowest BCUT2D eigenvalue weighted by Gasteiger charge is -2.27. The Hall–Kier alpha value is -1.01. The van der Waals surface area contributed by atoms with Gasteiger partial charge >= 0.3 is 11.9 Å². The first-order valence-corrected chi connectivity index (χ1v) is 6.78. The van der Waals surface area contributed by atoms with Crippen LogP contribution in [0.4, 0.5) is 0 Å². The summed E-state index contributed by atoms with van der Waals surface area (Å²) in [6, 6.07) is 0. The lowest BCUT2D eigenvalue weighted by Crippen LogP contribution is -2.37. The van der Waals surface area contributed by atoms with Crippen LogP contribution in [-0.4, -0.2) is 42.9 Å². The SMILES string of the molecule is CCOC(=O)[C@@H]1C=C[C@H](OC)S[C@H]1C(=O)OCC. The fraction of sp³-hybridized carbons (Fsp3) is 0.667. The van der Waals surface area contributed by atoms with Gasteiger partial charge in [0.05, 0.1) is 19.1 Å². The van der Waals surface area contributed by atoms with Gasteiger partial charge in [0.1, 0.15) is 10.7 Å². The second kappa shape index (κ2) is 7.43. The van der Waals surface area contributed by atoms with Gasteiger partial charge < -0.3 is 14.2 Å². The van der Waals surface area contributed by atoms with Gasteiger partial charge in [-0.2, -0.15) is 0 Å². The molecule has 3 atom stereocenters. The molecular weight excluding hydrogens is 256 g/mol. The normalized spacial score (nSPS) is 26.7. The molecule has 1 heterocycles. The average molecular weight is 274 g/mol. The van der Waals surface area contributed by atoms with Gasteiger partial charge in [-0.15, -0.1) is 11.8 Å². The summed E-state index contributed by atoms with van der Waals surface area (Å²) in [5.74, 6) is -1.43. The summed E-state index contributed by atoms with van der Waals surface area (Å²) in [6.07, 6.45) is 3.41. The van der Waals surface area contributed by atoms with Crippen molar-refractivity contribution in [1.82, 2.24) is 0 Å². The van der Waals surface area contributed by atoms with Crippen molar-refractivity contribution in [3.8, 4) is 0 Å². The maximum Gasteiger partial charge on any atom is 0.320 e. The highest BCUT2D eigenvalue weighted by molar-refractivity contribution is 8.01. The van der Waals surface area contributed by atoms with Gasteiger partial charge in [0.25, 0.3) is 0 Å². The van der Waals surface area contributed by atoms with Crippen LogP contribution in [0.5, 0.6) is 0 Å². The molecule has 1 rings (SSSR count). The van der Waals surface area contributed by atoms with E-state index in [1.807, 2.05) is 0 Å². The van der Waals surface area contributed by atoms with Gasteiger partial charge in [0.2, 0.25) is 0 Å². The Morgan fingerprint density at radius 3 is 2.28 bits per heavy atom. The standard InChI is InChI=1S/C12H18O5S/c1-4-16-11(13)8-6-7-9(15-3)18-10(8)12(14)17-5-2/h6-10H,4-5H2,1-3H3/t8-,9-,10-/m1/s1. The van der Waals surface area contributed by atoms with Crippen molar-refractivity contribution in [3.05, 3.63) is 12.2 Å². The summed E-state index contributed by atoms with van der Waals surface area (Å²) in [4.78, 5) is 23.6.